The summed E-state index contributed by atoms with van der Waals surface area (Å²) in [5.41, 5.74) is 7.48. The molecule has 2 heterocycles. The minimum Gasteiger partial charge on any atom is -0.469 e. The third-order valence-electron chi connectivity index (χ3n) is 5.32. The van der Waals surface area contributed by atoms with E-state index >= 15 is 0 Å². The van der Waals surface area contributed by atoms with Crippen LogP contribution in [0.4, 0.5) is 0 Å². The molecule has 0 spiro atoms. The number of nitrogens with one attached hydrogen (secondary N) is 2. The predicted molar refractivity (Wildman–Crippen MR) is 139 cm³/mol. The molecule has 0 aromatic carbocycles. The number of aromatic nitrogens is 2. The molecule has 1 aliphatic heterocycles. The van der Waals surface area contributed by atoms with Gasteiger partial charge in [0.05, 0.1) is 38.9 Å². The maximum absolute atomic E-state index is 13.4. The van der Waals surface area contributed by atoms with Gasteiger partial charge in [0.15, 0.2) is 5.12 Å². The van der Waals surface area contributed by atoms with Crippen molar-refractivity contribution in [2.75, 3.05) is 32.6 Å². The van der Waals surface area contributed by atoms with Crippen molar-refractivity contribution in [2.45, 2.75) is 58.9 Å². The maximum atomic E-state index is 13.4. The van der Waals surface area contributed by atoms with Crippen LogP contribution >= 0.6 is 19.5 Å². The molecule has 0 amide bonds. The van der Waals surface area contributed by atoms with Crippen molar-refractivity contribution < 1.29 is 32.7 Å². The number of carbonyl (C=O) groups excluding carboxylic acids is 2. The topological polar surface area (TPSA) is 204 Å². The van der Waals surface area contributed by atoms with E-state index in [1.165, 1.54) is 24.8 Å². The van der Waals surface area contributed by atoms with Gasteiger partial charge in [-0.1, -0.05) is 37.6 Å². The van der Waals surface area contributed by atoms with Crippen molar-refractivity contribution in [3.05, 3.63) is 43.0 Å². The minimum absolute atomic E-state index is 0.0640. The number of carbonyl (C=O) groups is 2. The van der Waals surface area contributed by atoms with Crippen LogP contribution in [0.2, 0.25) is 0 Å². The molecule has 0 aliphatic carbocycles. The molecule has 38 heavy (non-hydrogen) atoms. The summed E-state index contributed by atoms with van der Waals surface area (Å²) < 4.78 is 36.0. The molecule has 1 fully saturated rings. The Labute approximate surface area is 223 Å². The smallest absolute Gasteiger partial charge is 0.405 e. The molecule has 0 bridgehead atoms. The van der Waals surface area contributed by atoms with Gasteiger partial charge in [-0.3, -0.25) is 33.0 Å². The molecular weight excluding hydrogens is 543 g/mol. The van der Waals surface area contributed by atoms with Crippen LogP contribution in [0, 0.1) is 12.3 Å². The average Bonchev–Trinajstić information content (AvgIpc) is 3.24. The molecule has 15 nitrogen and oxygen atoms in total. The van der Waals surface area contributed by atoms with Gasteiger partial charge in [-0.25, -0.2) is 14.4 Å². The highest BCUT2D eigenvalue weighted by Crippen LogP contribution is 2.45. The highest BCUT2D eigenvalue weighted by Gasteiger charge is 2.38. The summed E-state index contributed by atoms with van der Waals surface area (Å²) in [6, 6.07) is -0.785. The fourth-order valence-corrected chi connectivity index (χ4v) is 5.46. The number of aromatic amines is 1. The van der Waals surface area contributed by atoms with Gasteiger partial charge in [-0.15, -0.1) is 0 Å². The third kappa shape index (κ3) is 9.38. The molecule has 1 aliphatic rings. The monoisotopic (exact) mass is 576 g/mol. The fourth-order valence-electron chi connectivity index (χ4n) is 3.23. The van der Waals surface area contributed by atoms with Gasteiger partial charge in [0.1, 0.15) is 6.23 Å². The van der Waals surface area contributed by atoms with Gasteiger partial charge in [0.25, 0.3) is 5.56 Å². The SMILES string of the molecule is COC(=O)CCNP(=O)(OCCSC(=O)C(C)(C)C)OC[C@H]1O[C@@H](n2cc(C)c(=O)[nH]c2=O)C[C@@H]1N=[N+]=[N-]. The number of hydrogen-bond acceptors (Lipinski definition) is 11. The van der Waals surface area contributed by atoms with Crippen LogP contribution in [-0.2, 0) is 32.7 Å². The largest absolute Gasteiger partial charge is 0.469 e. The van der Waals surface area contributed by atoms with E-state index in [1.807, 2.05) is 0 Å². The molecule has 2 rings (SSSR count). The molecule has 1 unspecified atom stereocenters. The highest BCUT2D eigenvalue weighted by molar-refractivity contribution is 8.13. The van der Waals surface area contributed by atoms with Crippen LogP contribution in [0.3, 0.4) is 0 Å². The van der Waals surface area contributed by atoms with E-state index in [9.17, 15) is 23.7 Å². The normalized spacial score (nSPS) is 20.9. The first kappa shape index (κ1) is 31.8. The molecule has 17 heteroatoms. The molecule has 212 valence electrons. The quantitative estimate of drug-likeness (QED) is 0.0871. The molecule has 0 radical (unpaired) electrons. The van der Waals surface area contributed by atoms with Crippen molar-refractivity contribution in [1.29, 1.82) is 0 Å². The van der Waals surface area contributed by atoms with Crippen LogP contribution in [0.25, 0.3) is 10.4 Å². The lowest BCUT2D eigenvalue weighted by Crippen LogP contribution is -2.33. The zero-order chi connectivity index (χ0) is 28.5. The number of hydrogen-bond donors (Lipinski definition) is 2. The van der Waals surface area contributed by atoms with E-state index in [0.717, 1.165) is 11.8 Å². The van der Waals surface area contributed by atoms with Crippen molar-refractivity contribution >= 4 is 30.6 Å². The fraction of sp³-hybridized carbons (Fsp3) is 0.714. The first-order chi connectivity index (χ1) is 17.8. The first-order valence-electron chi connectivity index (χ1n) is 11.7. The van der Waals surface area contributed by atoms with Gasteiger partial charge in [-0.2, -0.15) is 0 Å². The van der Waals surface area contributed by atoms with Gasteiger partial charge in [0, 0.05) is 40.8 Å². The van der Waals surface area contributed by atoms with E-state index in [2.05, 4.69) is 24.8 Å². The first-order valence-corrected chi connectivity index (χ1v) is 14.2. The lowest BCUT2D eigenvalue weighted by molar-refractivity contribution is -0.140. The molecular formula is C21H33N6O9PS. The summed E-state index contributed by atoms with van der Waals surface area (Å²) in [6.45, 7) is 6.33. The van der Waals surface area contributed by atoms with Crippen LogP contribution in [0.1, 0.15) is 45.4 Å². The number of esters is 1. The van der Waals surface area contributed by atoms with E-state index in [-0.39, 0.29) is 49.0 Å². The Morgan fingerprint density at radius 2 is 2.08 bits per heavy atom. The Morgan fingerprint density at radius 1 is 1.37 bits per heavy atom. The minimum atomic E-state index is -4.01. The van der Waals surface area contributed by atoms with Crippen molar-refractivity contribution in [3.63, 3.8) is 0 Å². The van der Waals surface area contributed by atoms with E-state index in [1.54, 1.807) is 20.8 Å². The van der Waals surface area contributed by atoms with Gasteiger partial charge in [-0.05, 0) is 12.5 Å². The summed E-state index contributed by atoms with van der Waals surface area (Å²) >= 11 is 1.03. The summed E-state index contributed by atoms with van der Waals surface area (Å²) in [5.74, 6) is -0.331. The summed E-state index contributed by atoms with van der Waals surface area (Å²) in [6.07, 6.45) is -0.472. The number of nitrogens with zero attached hydrogens (tertiary/aromatic N) is 4. The second-order valence-electron chi connectivity index (χ2n) is 9.36. The van der Waals surface area contributed by atoms with Crippen LogP contribution < -0.4 is 16.3 Å². The van der Waals surface area contributed by atoms with Gasteiger partial charge < -0.3 is 9.47 Å². The van der Waals surface area contributed by atoms with Crippen LogP contribution in [0.5, 0.6) is 0 Å². The number of methoxy groups -OCH3 is 1. The molecule has 2 N–H and O–H groups in total. The second-order valence-corrected chi connectivity index (χ2v) is 12.3. The number of thioether (sulfide) groups is 1. The summed E-state index contributed by atoms with van der Waals surface area (Å²) in [7, 11) is -2.79. The van der Waals surface area contributed by atoms with E-state index < -0.39 is 48.8 Å². The Bertz CT molecular complexity index is 1210. The Hall–Kier alpha value is -2.45. The van der Waals surface area contributed by atoms with Crippen molar-refractivity contribution in [1.82, 2.24) is 14.6 Å². The average molecular weight is 577 g/mol. The zero-order valence-corrected chi connectivity index (χ0v) is 23.6. The zero-order valence-electron chi connectivity index (χ0n) is 21.9. The predicted octanol–water partition coefficient (Wildman–Crippen LogP) is 2.41. The number of rotatable bonds is 13. The molecule has 1 aromatic rings. The lowest BCUT2D eigenvalue weighted by Gasteiger charge is -2.23. The van der Waals surface area contributed by atoms with E-state index in [0.29, 0.717) is 0 Å². The van der Waals surface area contributed by atoms with Gasteiger partial charge in [0.2, 0.25) is 0 Å². The van der Waals surface area contributed by atoms with Crippen molar-refractivity contribution in [2.24, 2.45) is 10.5 Å². The standard InChI is InChI=1S/C21H33N6O9PS/c1-13-11-27(20(31)24-18(13)29)16-10-14(25-26-22)15(36-16)12-35-37(32,23-7-6-17(28)33-5)34-8-9-38-19(30)21(2,3)4/h11,14-16H,6-10,12H2,1-5H3,(H,23,32)(H,24,29,31)/t14-,15+,16+,37?/m0/s1. The second kappa shape index (κ2) is 14.1. The molecule has 0 saturated carbocycles. The Morgan fingerprint density at radius 3 is 2.71 bits per heavy atom. The number of azide groups is 1. The Balaban J connectivity index is 2.10. The number of aryl methyl sites for hydroxylation is 1. The molecule has 4 atom stereocenters. The maximum Gasteiger partial charge on any atom is 0.405 e. The Kier molecular flexibility index (Phi) is 11.8. The summed E-state index contributed by atoms with van der Waals surface area (Å²) in [4.78, 5) is 52.5. The van der Waals surface area contributed by atoms with Crippen LogP contribution in [-0.4, -0.2) is 65.4 Å². The number of H-pyrrole nitrogens is 1. The van der Waals surface area contributed by atoms with Gasteiger partial charge >= 0.3 is 19.4 Å². The van der Waals surface area contributed by atoms with Crippen molar-refractivity contribution in [3.8, 4) is 0 Å². The van der Waals surface area contributed by atoms with E-state index in [4.69, 9.17) is 19.3 Å². The summed E-state index contributed by atoms with van der Waals surface area (Å²) in [5, 5.41) is 6.22. The highest BCUT2D eigenvalue weighted by atomic mass is 32.2. The van der Waals surface area contributed by atoms with Crippen LogP contribution in [0.15, 0.2) is 20.9 Å². The third-order valence-corrected chi connectivity index (χ3v) is 8.19. The lowest BCUT2D eigenvalue weighted by atomic mass is 10.00. The molecule has 1 aromatic heterocycles. The number of ether oxygens (including phenoxy) is 2. The molecule has 1 saturated heterocycles.